The summed E-state index contributed by atoms with van der Waals surface area (Å²) < 4.78 is 5.43. The van der Waals surface area contributed by atoms with Crippen molar-refractivity contribution in [3.05, 3.63) is 0 Å². The van der Waals surface area contributed by atoms with Crippen LogP contribution in [0.2, 0.25) is 0 Å². The van der Waals surface area contributed by atoms with Gasteiger partial charge >= 0.3 is 5.97 Å². The fourth-order valence-corrected chi connectivity index (χ4v) is 4.09. The molecular formula is C15H25NO3. The average Bonchev–Trinajstić information content (AvgIpc) is 2.38. The average molecular weight is 267 g/mol. The molecule has 0 aromatic rings. The lowest BCUT2D eigenvalue weighted by Gasteiger charge is -2.59. The van der Waals surface area contributed by atoms with Gasteiger partial charge in [0, 0.05) is 31.7 Å². The largest absolute Gasteiger partial charge is 0.480 e. The van der Waals surface area contributed by atoms with E-state index in [9.17, 15) is 9.90 Å². The summed E-state index contributed by atoms with van der Waals surface area (Å²) in [5, 5.41) is 9.73. The van der Waals surface area contributed by atoms with Gasteiger partial charge < -0.3 is 9.84 Å². The summed E-state index contributed by atoms with van der Waals surface area (Å²) in [6.45, 7) is 5.88. The van der Waals surface area contributed by atoms with E-state index in [1.807, 2.05) is 0 Å². The Bertz CT molecular complexity index is 346. The summed E-state index contributed by atoms with van der Waals surface area (Å²) in [6.07, 6.45) is 5.98. The highest BCUT2D eigenvalue weighted by Gasteiger charge is 2.55. The fourth-order valence-electron chi connectivity index (χ4n) is 4.09. The molecule has 3 rings (SSSR count). The Morgan fingerprint density at radius 2 is 1.74 bits per heavy atom. The molecule has 0 unspecified atom stereocenters. The molecule has 19 heavy (non-hydrogen) atoms. The Morgan fingerprint density at radius 3 is 2.26 bits per heavy atom. The van der Waals surface area contributed by atoms with Gasteiger partial charge in [-0.3, -0.25) is 9.69 Å². The van der Waals surface area contributed by atoms with Crippen LogP contribution in [0.15, 0.2) is 0 Å². The molecule has 3 fully saturated rings. The molecule has 1 N–H and O–H groups in total. The van der Waals surface area contributed by atoms with Crippen molar-refractivity contribution in [1.29, 1.82) is 0 Å². The van der Waals surface area contributed by atoms with Gasteiger partial charge in [0.05, 0.1) is 0 Å². The predicted octanol–water partition coefficient (Wildman–Crippen LogP) is 2.13. The van der Waals surface area contributed by atoms with Crippen molar-refractivity contribution in [1.82, 2.24) is 4.90 Å². The van der Waals surface area contributed by atoms with Gasteiger partial charge in [0.15, 0.2) is 0 Å². The van der Waals surface area contributed by atoms with E-state index in [4.69, 9.17) is 4.74 Å². The molecule has 2 saturated heterocycles. The van der Waals surface area contributed by atoms with Gasteiger partial charge in [-0.25, -0.2) is 0 Å². The lowest BCUT2D eigenvalue weighted by Crippen LogP contribution is -2.69. The number of hydrogen-bond acceptors (Lipinski definition) is 3. The highest BCUT2D eigenvalue weighted by atomic mass is 16.5. The monoisotopic (exact) mass is 267 g/mol. The molecular weight excluding hydrogens is 242 g/mol. The Hall–Kier alpha value is -0.610. The smallest absolute Gasteiger partial charge is 0.324 e. The summed E-state index contributed by atoms with van der Waals surface area (Å²) >= 11 is 0. The number of carbonyl (C=O) groups is 1. The first-order valence-corrected chi connectivity index (χ1v) is 7.63. The van der Waals surface area contributed by atoms with Gasteiger partial charge in [-0.05, 0) is 44.4 Å². The molecule has 0 atom stereocenters. The van der Waals surface area contributed by atoms with Crippen molar-refractivity contribution in [3.63, 3.8) is 0 Å². The summed E-state index contributed by atoms with van der Waals surface area (Å²) in [7, 11) is 0. The third kappa shape index (κ3) is 2.19. The quantitative estimate of drug-likeness (QED) is 0.832. The van der Waals surface area contributed by atoms with Gasteiger partial charge in [0.1, 0.15) is 5.54 Å². The first-order chi connectivity index (χ1) is 9.06. The fraction of sp³-hybridized carbons (Fsp3) is 0.933. The summed E-state index contributed by atoms with van der Waals surface area (Å²) in [5.74, 6) is 0.0899. The normalized spacial score (nSPS) is 38.9. The minimum atomic E-state index is -0.596. The van der Waals surface area contributed by atoms with E-state index in [1.165, 1.54) is 0 Å². The molecule has 1 spiro atoms. The van der Waals surface area contributed by atoms with Gasteiger partial charge in [-0.2, -0.15) is 0 Å². The van der Waals surface area contributed by atoms with Crippen LogP contribution >= 0.6 is 0 Å². The molecule has 1 aliphatic carbocycles. The highest BCUT2D eigenvalue weighted by molar-refractivity contribution is 5.79. The SMILES string of the molecule is CC1CCC(C(=O)O)(N2CC3(CCOCC3)C2)CC1. The van der Waals surface area contributed by atoms with Crippen molar-refractivity contribution in [2.24, 2.45) is 11.3 Å². The molecule has 3 aliphatic rings. The van der Waals surface area contributed by atoms with Crippen LogP contribution in [-0.2, 0) is 9.53 Å². The molecule has 0 amide bonds. The van der Waals surface area contributed by atoms with Gasteiger partial charge in [-0.15, -0.1) is 0 Å². The standard InChI is InChI=1S/C15H25NO3/c1-12-2-4-15(5-3-12,13(17)18)16-10-14(11-16)6-8-19-9-7-14/h12H,2-11H2,1H3,(H,17,18). The summed E-state index contributed by atoms with van der Waals surface area (Å²) in [4.78, 5) is 14.1. The van der Waals surface area contributed by atoms with Crippen LogP contribution in [0.25, 0.3) is 0 Å². The topological polar surface area (TPSA) is 49.8 Å². The van der Waals surface area contributed by atoms with Crippen molar-refractivity contribution >= 4 is 5.97 Å². The Kier molecular flexibility index (Phi) is 3.34. The van der Waals surface area contributed by atoms with Crippen molar-refractivity contribution in [2.75, 3.05) is 26.3 Å². The van der Waals surface area contributed by atoms with Crippen molar-refractivity contribution in [2.45, 2.75) is 51.0 Å². The summed E-state index contributed by atoms with van der Waals surface area (Å²) in [5.41, 5.74) is -0.195. The third-order valence-electron chi connectivity index (χ3n) is 5.71. The molecule has 1 saturated carbocycles. The number of rotatable bonds is 2. The first kappa shape index (κ1) is 13.4. The Balaban J connectivity index is 1.68. The van der Waals surface area contributed by atoms with Gasteiger partial charge in [0.2, 0.25) is 0 Å². The number of nitrogens with zero attached hydrogens (tertiary/aromatic N) is 1. The number of hydrogen-bond donors (Lipinski definition) is 1. The zero-order valence-electron chi connectivity index (χ0n) is 11.9. The molecule has 2 heterocycles. The predicted molar refractivity (Wildman–Crippen MR) is 72.1 cm³/mol. The molecule has 4 nitrogen and oxygen atoms in total. The maximum absolute atomic E-state index is 11.8. The minimum absolute atomic E-state index is 0.365. The first-order valence-electron chi connectivity index (χ1n) is 7.63. The number of likely N-dealkylation sites (tertiary alicyclic amines) is 1. The van der Waals surface area contributed by atoms with E-state index in [0.717, 1.165) is 64.8 Å². The van der Waals surface area contributed by atoms with Gasteiger partial charge in [0.25, 0.3) is 0 Å². The van der Waals surface area contributed by atoms with Crippen LogP contribution in [0, 0.1) is 11.3 Å². The van der Waals surface area contributed by atoms with E-state index < -0.39 is 11.5 Å². The van der Waals surface area contributed by atoms with Crippen molar-refractivity contribution < 1.29 is 14.6 Å². The molecule has 108 valence electrons. The Labute approximate surface area is 115 Å². The van der Waals surface area contributed by atoms with Crippen LogP contribution < -0.4 is 0 Å². The van der Waals surface area contributed by atoms with Crippen LogP contribution in [0.4, 0.5) is 0 Å². The number of ether oxygens (including phenoxy) is 1. The van der Waals surface area contributed by atoms with Crippen LogP contribution in [0.3, 0.4) is 0 Å². The van der Waals surface area contributed by atoms with Gasteiger partial charge in [-0.1, -0.05) is 6.92 Å². The summed E-state index contributed by atoms with van der Waals surface area (Å²) in [6, 6.07) is 0. The number of aliphatic carboxylic acids is 1. The third-order valence-corrected chi connectivity index (χ3v) is 5.71. The van der Waals surface area contributed by atoms with E-state index in [0.29, 0.717) is 11.3 Å². The highest BCUT2D eigenvalue weighted by Crippen LogP contribution is 2.47. The number of carboxylic acids is 1. The maximum atomic E-state index is 11.8. The molecule has 4 heteroatoms. The molecule has 0 aromatic heterocycles. The second kappa shape index (κ2) is 4.74. The van der Waals surface area contributed by atoms with E-state index in [1.54, 1.807) is 0 Å². The minimum Gasteiger partial charge on any atom is -0.480 e. The van der Waals surface area contributed by atoms with Crippen LogP contribution in [-0.4, -0.2) is 47.8 Å². The second-order valence-electron chi connectivity index (χ2n) is 6.99. The van der Waals surface area contributed by atoms with E-state index in [-0.39, 0.29) is 0 Å². The number of carboxylic acid groups (broad SMARTS) is 1. The van der Waals surface area contributed by atoms with Crippen LogP contribution in [0.1, 0.15) is 45.4 Å². The molecule has 0 aromatic carbocycles. The lowest BCUT2D eigenvalue weighted by molar-refractivity contribution is -0.176. The Morgan fingerprint density at radius 1 is 1.16 bits per heavy atom. The lowest BCUT2D eigenvalue weighted by atomic mass is 9.67. The van der Waals surface area contributed by atoms with Crippen molar-refractivity contribution in [3.8, 4) is 0 Å². The van der Waals surface area contributed by atoms with E-state index >= 15 is 0 Å². The zero-order valence-corrected chi connectivity index (χ0v) is 11.9. The molecule has 0 radical (unpaired) electrons. The molecule has 0 bridgehead atoms. The molecule has 2 aliphatic heterocycles. The zero-order chi connectivity index (χ0) is 13.5. The van der Waals surface area contributed by atoms with E-state index in [2.05, 4.69) is 11.8 Å². The van der Waals surface area contributed by atoms with Crippen LogP contribution in [0.5, 0.6) is 0 Å². The second-order valence-corrected chi connectivity index (χ2v) is 6.99. The maximum Gasteiger partial charge on any atom is 0.324 e.